The molecule has 1 atom stereocenters. The summed E-state index contributed by atoms with van der Waals surface area (Å²) >= 11 is 0. The molecule has 0 spiro atoms. The molecule has 1 unspecified atom stereocenters. The third-order valence-electron chi connectivity index (χ3n) is 2.61. The van der Waals surface area contributed by atoms with E-state index in [9.17, 15) is 0 Å². The molecule has 0 aliphatic rings. The van der Waals surface area contributed by atoms with Crippen LogP contribution in [0, 0.1) is 17.3 Å². The number of nitrogens with two attached hydrogens (primary N) is 1. The lowest BCUT2D eigenvalue weighted by Crippen LogP contribution is -2.36. The van der Waals surface area contributed by atoms with Crippen LogP contribution in [0.4, 0.5) is 0 Å². The highest BCUT2D eigenvalue weighted by Crippen LogP contribution is 2.33. The molecule has 0 rings (SSSR count). The minimum Gasteiger partial charge on any atom is -0.326 e. The summed E-state index contributed by atoms with van der Waals surface area (Å²) in [5.41, 5.74) is 6.48. The lowest BCUT2D eigenvalue weighted by atomic mass is 9.75. The van der Waals surface area contributed by atoms with Crippen LogP contribution in [0.3, 0.4) is 0 Å². The number of hydrogen-bond acceptors (Lipinski definition) is 1. The maximum absolute atomic E-state index is 6.09. The zero-order chi connectivity index (χ0) is 11.6. The molecule has 0 saturated carbocycles. The molecule has 0 aromatic carbocycles. The van der Waals surface area contributed by atoms with Crippen LogP contribution >= 0.6 is 0 Å². The Hall–Kier alpha value is -0.0400. The van der Waals surface area contributed by atoms with E-state index in [1.807, 2.05) is 0 Å². The molecule has 14 heavy (non-hydrogen) atoms. The average molecular weight is 199 g/mol. The Labute approximate surface area is 90.5 Å². The molecule has 0 aromatic rings. The van der Waals surface area contributed by atoms with Gasteiger partial charge in [0.05, 0.1) is 0 Å². The molecule has 1 nitrogen and oxygen atoms in total. The second kappa shape index (κ2) is 4.65. The van der Waals surface area contributed by atoms with Gasteiger partial charge in [-0.15, -0.1) is 0 Å². The van der Waals surface area contributed by atoms with Crippen LogP contribution in [0.15, 0.2) is 0 Å². The summed E-state index contributed by atoms with van der Waals surface area (Å²) in [5, 5.41) is 0. The minimum absolute atomic E-state index is 0.0276. The highest BCUT2D eigenvalue weighted by atomic mass is 14.7. The normalized spacial score (nSPS) is 16.1. The Morgan fingerprint density at radius 3 is 1.57 bits per heavy atom. The minimum atomic E-state index is -0.0276. The van der Waals surface area contributed by atoms with E-state index in [2.05, 4.69) is 48.5 Å². The van der Waals surface area contributed by atoms with Gasteiger partial charge in [0.15, 0.2) is 0 Å². The molecule has 0 aromatic heterocycles. The van der Waals surface area contributed by atoms with Gasteiger partial charge in [0.1, 0.15) is 0 Å². The highest BCUT2D eigenvalue weighted by molar-refractivity contribution is 4.81. The van der Waals surface area contributed by atoms with Crippen LogP contribution in [0.1, 0.15) is 61.3 Å². The van der Waals surface area contributed by atoms with Gasteiger partial charge in [0.2, 0.25) is 0 Å². The topological polar surface area (TPSA) is 26.0 Å². The van der Waals surface area contributed by atoms with Gasteiger partial charge in [-0.25, -0.2) is 0 Å². The van der Waals surface area contributed by atoms with Gasteiger partial charge in [-0.05, 0) is 43.9 Å². The molecule has 0 radical (unpaired) electrons. The maximum Gasteiger partial charge on any atom is 0.00997 e. The van der Waals surface area contributed by atoms with E-state index in [0.717, 1.165) is 18.3 Å². The van der Waals surface area contributed by atoms with Crippen LogP contribution in [0.5, 0.6) is 0 Å². The first-order valence-electron chi connectivity index (χ1n) is 5.80. The standard InChI is InChI=1S/C13H29N/c1-10(2)11(8-12(3,4)5)9-13(6,7)14/h10-11H,8-9,14H2,1-7H3. The van der Waals surface area contributed by atoms with E-state index in [-0.39, 0.29) is 5.54 Å². The summed E-state index contributed by atoms with van der Waals surface area (Å²) in [6, 6.07) is 0. The molecule has 0 bridgehead atoms. The van der Waals surface area contributed by atoms with Crippen molar-refractivity contribution in [3.8, 4) is 0 Å². The van der Waals surface area contributed by atoms with Crippen molar-refractivity contribution in [2.24, 2.45) is 23.0 Å². The van der Waals surface area contributed by atoms with Crippen molar-refractivity contribution in [2.75, 3.05) is 0 Å². The third-order valence-corrected chi connectivity index (χ3v) is 2.61. The van der Waals surface area contributed by atoms with Crippen LogP contribution < -0.4 is 5.73 Å². The summed E-state index contributed by atoms with van der Waals surface area (Å²) in [4.78, 5) is 0. The maximum atomic E-state index is 6.09. The van der Waals surface area contributed by atoms with Gasteiger partial charge in [-0.1, -0.05) is 34.6 Å². The van der Waals surface area contributed by atoms with Crippen molar-refractivity contribution in [2.45, 2.75) is 66.8 Å². The average Bonchev–Trinajstić information content (AvgIpc) is 1.78. The summed E-state index contributed by atoms with van der Waals surface area (Å²) in [6.07, 6.45) is 2.40. The lowest BCUT2D eigenvalue weighted by Gasteiger charge is -2.33. The second-order valence-corrected chi connectivity index (χ2v) is 6.96. The van der Waals surface area contributed by atoms with Crippen molar-refractivity contribution in [3.63, 3.8) is 0 Å². The van der Waals surface area contributed by atoms with Gasteiger partial charge in [-0.2, -0.15) is 0 Å². The van der Waals surface area contributed by atoms with E-state index < -0.39 is 0 Å². The van der Waals surface area contributed by atoms with Gasteiger partial charge >= 0.3 is 0 Å². The quantitative estimate of drug-likeness (QED) is 0.732. The zero-order valence-corrected chi connectivity index (χ0v) is 11.1. The van der Waals surface area contributed by atoms with Crippen molar-refractivity contribution in [3.05, 3.63) is 0 Å². The van der Waals surface area contributed by atoms with Crippen LogP contribution in [0.25, 0.3) is 0 Å². The molecular weight excluding hydrogens is 170 g/mol. The molecule has 0 saturated heterocycles. The molecule has 86 valence electrons. The van der Waals surface area contributed by atoms with E-state index in [0.29, 0.717) is 5.41 Å². The molecule has 1 heteroatoms. The smallest absolute Gasteiger partial charge is 0.00997 e. The molecule has 0 fully saturated rings. The Bertz CT molecular complexity index is 141. The van der Waals surface area contributed by atoms with Crippen molar-refractivity contribution < 1.29 is 0 Å². The number of rotatable bonds is 4. The van der Waals surface area contributed by atoms with Gasteiger partial charge < -0.3 is 5.73 Å². The fourth-order valence-corrected chi connectivity index (χ4v) is 2.01. The number of hydrogen-bond donors (Lipinski definition) is 1. The first-order valence-corrected chi connectivity index (χ1v) is 5.80. The molecule has 0 aliphatic carbocycles. The molecule has 2 N–H and O–H groups in total. The Morgan fingerprint density at radius 2 is 1.36 bits per heavy atom. The van der Waals surface area contributed by atoms with Gasteiger partial charge in [0, 0.05) is 5.54 Å². The Kier molecular flexibility index (Phi) is 4.64. The largest absolute Gasteiger partial charge is 0.326 e. The van der Waals surface area contributed by atoms with Crippen LogP contribution in [-0.4, -0.2) is 5.54 Å². The molecular formula is C13H29N. The monoisotopic (exact) mass is 199 g/mol. The van der Waals surface area contributed by atoms with Crippen molar-refractivity contribution >= 4 is 0 Å². The van der Waals surface area contributed by atoms with Gasteiger partial charge in [0.25, 0.3) is 0 Å². The van der Waals surface area contributed by atoms with Crippen LogP contribution in [0.2, 0.25) is 0 Å². The van der Waals surface area contributed by atoms with E-state index >= 15 is 0 Å². The van der Waals surface area contributed by atoms with E-state index in [4.69, 9.17) is 5.73 Å². The predicted molar refractivity (Wildman–Crippen MR) is 65.3 cm³/mol. The fraction of sp³-hybridized carbons (Fsp3) is 1.00. The summed E-state index contributed by atoms with van der Waals surface area (Å²) in [7, 11) is 0. The van der Waals surface area contributed by atoms with Crippen LogP contribution in [-0.2, 0) is 0 Å². The van der Waals surface area contributed by atoms with Crippen molar-refractivity contribution in [1.82, 2.24) is 0 Å². The van der Waals surface area contributed by atoms with E-state index in [1.54, 1.807) is 0 Å². The predicted octanol–water partition coefficient (Wildman–Crippen LogP) is 3.82. The molecule has 0 heterocycles. The van der Waals surface area contributed by atoms with Gasteiger partial charge in [-0.3, -0.25) is 0 Å². The lowest BCUT2D eigenvalue weighted by molar-refractivity contribution is 0.201. The second-order valence-electron chi connectivity index (χ2n) is 6.96. The summed E-state index contributed by atoms with van der Waals surface area (Å²) in [5.74, 6) is 1.48. The molecule has 0 amide bonds. The van der Waals surface area contributed by atoms with E-state index in [1.165, 1.54) is 6.42 Å². The third kappa shape index (κ3) is 7.37. The Balaban J connectivity index is 4.32. The SMILES string of the molecule is CC(C)C(CC(C)(C)C)CC(C)(C)N. The highest BCUT2D eigenvalue weighted by Gasteiger charge is 2.25. The zero-order valence-electron chi connectivity index (χ0n) is 11.1. The first kappa shape index (κ1) is 14.0. The van der Waals surface area contributed by atoms with Crippen molar-refractivity contribution in [1.29, 1.82) is 0 Å². The fourth-order valence-electron chi connectivity index (χ4n) is 2.01. The Morgan fingerprint density at radius 1 is 0.929 bits per heavy atom. The summed E-state index contributed by atoms with van der Waals surface area (Å²) in [6.45, 7) is 15.8. The summed E-state index contributed by atoms with van der Waals surface area (Å²) < 4.78 is 0. The first-order chi connectivity index (χ1) is 6.01. The molecule has 0 aliphatic heterocycles.